The number of urea groups is 1. The first-order chi connectivity index (χ1) is 12.6. The smallest absolute Gasteiger partial charge is 0.319 e. The number of anilines is 1. The minimum absolute atomic E-state index is 0.210. The molecule has 3 aromatic rings. The summed E-state index contributed by atoms with van der Waals surface area (Å²) in [7, 11) is 1.60. The number of methoxy groups -OCH3 is 1. The monoisotopic (exact) mass is 352 g/mol. The summed E-state index contributed by atoms with van der Waals surface area (Å²) in [5.74, 6) is 1.69. The van der Waals surface area contributed by atoms with Gasteiger partial charge in [-0.1, -0.05) is 38.5 Å². The van der Waals surface area contributed by atoms with Crippen molar-refractivity contribution in [2.45, 2.75) is 26.3 Å². The molecule has 0 unspecified atom stereocenters. The Morgan fingerprint density at radius 3 is 2.77 bits per heavy atom. The van der Waals surface area contributed by atoms with E-state index in [4.69, 9.17) is 4.74 Å². The standard InChI is InChI=1S/C20H24N4O2/c1-4-13(2)18(19-22-16-10-5-6-11-17(16)23-19)24-20(25)21-14-8-7-9-15(12-14)26-3/h5-13,18H,4H2,1-3H3,(H,22,23)(H2,21,24,25)/t13-,18+/m0/s1. The van der Waals surface area contributed by atoms with Gasteiger partial charge in [0, 0.05) is 11.8 Å². The molecule has 0 saturated carbocycles. The predicted molar refractivity (Wildman–Crippen MR) is 103 cm³/mol. The van der Waals surface area contributed by atoms with Crippen molar-refractivity contribution in [3.8, 4) is 5.75 Å². The van der Waals surface area contributed by atoms with Crippen molar-refractivity contribution in [1.29, 1.82) is 0 Å². The number of fused-ring (bicyclic) bond motifs is 1. The van der Waals surface area contributed by atoms with Gasteiger partial charge in [-0.2, -0.15) is 0 Å². The summed E-state index contributed by atoms with van der Waals surface area (Å²) < 4.78 is 5.19. The van der Waals surface area contributed by atoms with Crippen LogP contribution >= 0.6 is 0 Å². The Bertz CT molecular complexity index is 857. The SMILES string of the molecule is CC[C@H](C)[C@@H](NC(=O)Nc1cccc(OC)c1)c1nc2ccccc2[nH]1. The molecule has 26 heavy (non-hydrogen) atoms. The van der Waals surface area contributed by atoms with E-state index < -0.39 is 0 Å². The first-order valence-electron chi connectivity index (χ1n) is 8.77. The van der Waals surface area contributed by atoms with Crippen LogP contribution in [0, 0.1) is 5.92 Å². The summed E-state index contributed by atoms with van der Waals surface area (Å²) in [5, 5.41) is 5.90. The fourth-order valence-electron chi connectivity index (χ4n) is 2.84. The number of rotatable bonds is 6. The lowest BCUT2D eigenvalue weighted by atomic mass is 9.99. The van der Waals surface area contributed by atoms with Gasteiger partial charge >= 0.3 is 6.03 Å². The molecule has 6 nitrogen and oxygen atoms in total. The Kier molecular flexibility index (Phi) is 5.41. The quantitative estimate of drug-likeness (QED) is 0.612. The van der Waals surface area contributed by atoms with Crippen molar-refractivity contribution in [3.63, 3.8) is 0 Å². The molecular weight excluding hydrogens is 328 g/mol. The van der Waals surface area contributed by atoms with E-state index in [1.54, 1.807) is 13.2 Å². The zero-order chi connectivity index (χ0) is 18.5. The predicted octanol–water partition coefficient (Wildman–Crippen LogP) is 4.48. The molecule has 3 rings (SSSR count). The highest BCUT2D eigenvalue weighted by Gasteiger charge is 2.23. The number of hydrogen-bond donors (Lipinski definition) is 3. The maximum Gasteiger partial charge on any atom is 0.319 e. The van der Waals surface area contributed by atoms with Crippen LogP contribution in [-0.2, 0) is 0 Å². The number of aromatic nitrogens is 2. The van der Waals surface area contributed by atoms with Gasteiger partial charge in [0.2, 0.25) is 0 Å². The van der Waals surface area contributed by atoms with Crippen molar-refractivity contribution in [2.75, 3.05) is 12.4 Å². The van der Waals surface area contributed by atoms with Gasteiger partial charge in [0.1, 0.15) is 11.6 Å². The molecular formula is C20H24N4O2. The van der Waals surface area contributed by atoms with Gasteiger partial charge in [0.05, 0.1) is 24.2 Å². The minimum Gasteiger partial charge on any atom is -0.497 e. The molecule has 0 saturated heterocycles. The fraction of sp³-hybridized carbons (Fsp3) is 0.300. The Morgan fingerprint density at radius 1 is 1.23 bits per heavy atom. The van der Waals surface area contributed by atoms with Gasteiger partial charge < -0.3 is 20.4 Å². The topological polar surface area (TPSA) is 79.0 Å². The van der Waals surface area contributed by atoms with Gasteiger partial charge in [-0.15, -0.1) is 0 Å². The second-order valence-electron chi connectivity index (χ2n) is 6.33. The highest BCUT2D eigenvalue weighted by atomic mass is 16.5. The van der Waals surface area contributed by atoms with E-state index >= 15 is 0 Å². The van der Waals surface area contributed by atoms with Gasteiger partial charge in [0.25, 0.3) is 0 Å². The number of aromatic amines is 1. The van der Waals surface area contributed by atoms with Crippen molar-refractivity contribution >= 4 is 22.8 Å². The lowest BCUT2D eigenvalue weighted by Crippen LogP contribution is -2.36. The number of imidazole rings is 1. The van der Waals surface area contributed by atoms with Crippen LogP contribution in [0.2, 0.25) is 0 Å². The molecule has 3 N–H and O–H groups in total. The average Bonchev–Trinajstić information content (AvgIpc) is 3.09. The molecule has 1 heterocycles. The van der Waals surface area contributed by atoms with Crippen molar-refractivity contribution in [1.82, 2.24) is 15.3 Å². The van der Waals surface area contributed by atoms with Gasteiger partial charge in [0.15, 0.2) is 0 Å². The van der Waals surface area contributed by atoms with Crippen LogP contribution in [0.25, 0.3) is 11.0 Å². The summed E-state index contributed by atoms with van der Waals surface area (Å²) in [5.41, 5.74) is 2.53. The second kappa shape index (κ2) is 7.91. The number of ether oxygens (including phenoxy) is 1. The summed E-state index contributed by atoms with van der Waals surface area (Å²) in [6.45, 7) is 4.20. The van der Waals surface area contributed by atoms with Crippen LogP contribution in [0.5, 0.6) is 5.75 Å². The van der Waals surface area contributed by atoms with Gasteiger partial charge in [-0.25, -0.2) is 9.78 Å². The zero-order valence-electron chi connectivity index (χ0n) is 15.2. The molecule has 0 bridgehead atoms. The number of hydrogen-bond acceptors (Lipinski definition) is 3. The van der Waals surface area contributed by atoms with E-state index in [1.165, 1.54) is 0 Å². The Morgan fingerprint density at radius 2 is 2.04 bits per heavy atom. The number of benzene rings is 2. The molecule has 0 spiro atoms. The van der Waals surface area contributed by atoms with E-state index in [0.29, 0.717) is 11.4 Å². The Labute approximate surface area is 153 Å². The number of para-hydroxylation sites is 2. The zero-order valence-corrected chi connectivity index (χ0v) is 15.2. The minimum atomic E-state index is -0.274. The second-order valence-corrected chi connectivity index (χ2v) is 6.33. The highest BCUT2D eigenvalue weighted by Crippen LogP contribution is 2.25. The van der Waals surface area contributed by atoms with Crippen molar-refractivity contribution < 1.29 is 9.53 Å². The van der Waals surface area contributed by atoms with Gasteiger partial charge in [-0.05, 0) is 30.2 Å². The van der Waals surface area contributed by atoms with Crippen LogP contribution < -0.4 is 15.4 Å². The molecule has 136 valence electrons. The fourth-order valence-corrected chi connectivity index (χ4v) is 2.84. The van der Waals surface area contributed by atoms with Gasteiger partial charge in [-0.3, -0.25) is 0 Å². The maximum atomic E-state index is 12.5. The number of carbonyl (C=O) groups excluding carboxylic acids is 1. The van der Waals surface area contributed by atoms with Crippen LogP contribution in [-0.4, -0.2) is 23.1 Å². The average molecular weight is 352 g/mol. The van der Waals surface area contributed by atoms with E-state index in [2.05, 4.69) is 34.4 Å². The molecule has 0 radical (unpaired) electrons. The normalized spacial score (nSPS) is 13.2. The van der Waals surface area contributed by atoms with E-state index in [-0.39, 0.29) is 18.0 Å². The van der Waals surface area contributed by atoms with Crippen LogP contribution in [0.4, 0.5) is 10.5 Å². The molecule has 1 aromatic heterocycles. The summed E-state index contributed by atoms with van der Waals surface area (Å²) >= 11 is 0. The molecule has 0 aliphatic carbocycles. The van der Waals surface area contributed by atoms with E-state index in [0.717, 1.165) is 23.3 Å². The maximum absolute atomic E-state index is 12.5. The number of carbonyl (C=O) groups is 1. The third-order valence-corrected chi connectivity index (χ3v) is 4.53. The van der Waals surface area contributed by atoms with E-state index in [1.807, 2.05) is 42.5 Å². The number of nitrogens with one attached hydrogen (secondary N) is 3. The third-order valence-electron chi connectivity index (χ3n) is 4.53. The third kappa shape index (κ3) is 3.96. The number of amides is 2. The summed E-state index contributed by atoms with van der Waals surface area (Å²) in [6, 6.07) is 14.6. The summed E-state index contributed by atoms with van der Waals surface area (Å²) in [4.78, 5) is 20.5. The lowest BCUT2D eigenvalue weighted by Gasteiger charge is -2.22. The highest BCUT2D eigenvalue weighted by molar-refractivity contribution is 5.89. The molecule has 6 heteroatoms. The Balaban J connectivity index is 1.78. The number of nitrogens with zero attached hydrogens (tertiary/aromatic N) is 1. The summed E-state index contributed by atoms with van der Waals surface area (Å²) in [6.07, 6.45) is 0.918. The molecule has 2 amide bonds. The largest absolute Gasteiger partial charge is 0.497 e. The molecule has 0 aliphatic heterocycles. The van der Waals surface area contributed by atoms with Crippen LogP contribution in [0.1, 0.15) is 32.1 Å². The van der Waals surface area contributed by atoms with Crippen LogP contribution in [0.15, 0.2) is 48.5 Å². The Hall–Kier alpha value is -3.02. The molecule has 0 fully saturated rings. The lowest BCUT2D eigenvalue weighted by molar-refractivity contribution is 0.242. The molecule has 0 aliphatic rings. The number of H-pyrrole nitrogens is 1. The van der Waals surface area contributed by atoms with Crippen LogP contribution in [0.3, 0.4) is 0 Å². The first-order valence-corrected chi connectivity index (χ1v) is 8.77. The van der Waals surface area contributed by atoms with E-state index in [9.17, 15) is 4.79 Å². The van der Waals surface area contributed by atoms with Crippen molar-refractivity contribution in [2.24, 2.45) is 5.92 Å². The van der Waals surface area contributed by atoms with Crippen molar-refractivity contribution in [3.05, 3.63) is 54.4 Å². The first kappa shape index (κ1) is 17.8. The molecule has 2 aromatic carbocycles. The molecule has 2 atom stereocenters.